The lowest BCUT2D eigenvalue weighted by atomic mass is 10.3. The van der Waals surface area contributed by atoms with Crippen LogP contribution in [0.25, 0.3) is 0 Å². The van der Waals surface area contributed by atoms with E-state index in [2.05, 4.69) is 23.9 Å². The van der Waals surface area contributed by atoms with Crippen LogP contribution in [0.5, 0.6) is 0 Å². The van der Waals surface area contributed by atoms with Crippen molar-refractivity contribution >= 4 is 23.2 Å². The van der Waals surface area contributed by atoms with Gasteiger partial charge in [0.15, 0.2) is 0 Å². The molecule has 0 saturated heterocycles. The molecule has 1 aromatic heterocycles. The molecule has 15 heavy (non-hydrogen) atoms. The van der Waals surface area contributed by atoms with Crippen molar-refractivity contribution in [1.82, 2.24) is 9.88 Å². The summed E-state index contributed by atoms with van der Waals surface area (Å²) >= 11 is 11.8. The van der Waals surface area contributed by atoms with Crippen LogP contribution in [-0.4, -0.2) is 23.5 Å². The van der Waals surface area contributed by atoms with Crippen LogP contribution in [0.2, 0.25) is 10.2 Å². The van der Waals surface area contributed by atoms with E-state index in [0.29, 0.717) is 10.2 Å². The van der Waals surface area contributed by atoms with E-state index in [4.69, 9.17) is 23.2 Å². The van der Waals surface area contributed by atoms with Crippen LogP contribution in [0.15, 0.2) is 12.1 Å². The van der Waals surface area contributed by atoms with Gasteiger partial charge in [0.25, 0.3) is 0 Å². The highest BCUT2D eigenvalue weighted by Gasteiger charge is 2.06. The molecule has 0 spiro atoms. The standard InChI is InChI=1S/C11H16Cl2N2/c1-3-4-7-15(2)8-10-9(12)5-6-11(13)14-10/h5-6H,3-4,7-8H2,1-2H3. The Morgan fingerprint density at radius 3 is 2.73 bits per heavy atom. The number of pyridine rings is 1. The normalized spacial score (nSPS) is 11.0. The average Bonchev–Trinajstić information content (AvgIpc) is 2.20. The Labute approximate surface area is 101 Å². The lowest BCUT2D eigenvalue weighted by molar-refractivity contribution is 0.317. The van der Waals surface area contributed by atoms with E-state index < -0.39 is 0 Å². The molecule has 0 aliphatic carbocycles. The molecule has 0 N–H and O–H groups in total. The van der Waals surface area contributed by atoms with Crippen molar-refractivity contribution in [1.29, 1.82) is 0 Å². The van der Waals surface area contributed by atoms with Gasteiger partial charge in [0.2, 0.25) is 0 Å². The Hall–Kier alpha value is -0.310. The van der Waals surface area contributed by atoms with Crippen LogP contribution < -0.4 is 0 Å². The van der Waals surface area contributed by atoms with E-state index in [1.807, 2.05) is 0 Å². The summed E-state index contributed by atoms with van der Waals surface area (Å²) in [6, 6.07) is 3.50. The van der Waals surface area contributed by atoms with Crippen LogP contribution in [0.1, 0.15) is 25.5 Å². The molecular weight excluding hydrogens is 231 g/mol. The predicted octanol–water partition coefficient (Wildman–Crippen LogP) is 3.62. The van der Waals surface area contributed by atoms with Gasteiger partial charge in [-0.1, -0.05) is 36.5 Å². The van der Waals surface area contributed by atoms with Crippen molar-refractivity contribution in [2.45, 2.75) is 26.3 Å². The quantitative estimate of drug-likeness (QED) is 0.739. The zero-order valence-electron chi connectivity index (χ0n) is 9.13. The van der Waals surface area contributed by atoms with E-state index in [0.717, 1.165) is 18.8 Å². The summed E-state index contributed by atoms with van der Waals surface area (Å²) < 4.78 is 0. The Bertz CT molecular complexity index is 315. The molecule has 0 atom stereocenters. The Balaban J connectivity index is 2.59. The predicted molar refractivity (Wildman–Crippen MR) is 65.5 cm³/mol. The summed E-state index contributed by atoms with van der Waals surface area (Å²) in [7, 11) is 2.06. The van der Waals surface area contributed by atoms with Crippen LogP contribution in [0.4, 0.5) is 0 Å². The van der Waals surface area contributed by atoms with Crippen molar-refractivity contribution in [2.75, 3.05) is 13.6 Å². The lowest BCUT2D eigenvalue weighted by Crippen LogP contribution is -2.19. The molecule has 0 fully saturated rings. The topological polar surface area (TPSA) is 16.1 Å². The fourth-order valence-corrected chi connectivity index (χ4v) is 1.66. The Morgan fingerprint density at radius 2 is 2.07 bits per heavy atom. The fraction of sp³-hybridized carbons (Fsp3) is 0.545. The number of nitrogens with zero attached hydrogens (tertiary/aromatic N) is 2. The summed E-state index contributed by atoms with van der Waals surface area (Å²) in [5.74, 6) is 0. The number of aromatic nitrogens is 1. The first-order valence-electron chi connectivity index (χ1n) is 5.13. The zero-order valence-corrected chi connectivity index (χ0v) is 10.6. The summed E-state index contributed by atoms with van der Waals surface area (Å²) in [5.41, 5.74) is 0.850. The first-order valence-corrected chi connectivity index (χ1v) is 5.88. The number of rotatable bonds is 5. The summed E-state index contributed by atoms with van der Waals surface area (Å²) in [6.07, 6.45) is 2.38. The van der Waals surface area contributed by atoms with E-state index >= 15 is 0 Å². The number of hydrogen-bond acceptors (Lipinski definition) is 2. The van der Waals surface area contributed by atoms with Gasteiger partial charge in [0.1, 0.15) is 5.15 Å². The molecule has 0 unspecified atom stereocenters. The number of hydrogen-bond donors (Lipinski definition) is 0. The van der Waals surface area contributed by atoms with Gasteiger partial charge in [-0.05, 0) is 32.1 Å². The molecule has 0 aliphatic heterocycles. The van der Waals surface area contributed by atoms with Crippen molar-refractivity contribution in [2.24, 2.45) is 0 Å². The molecule has 0 aliphatic rings. The molecule has 4 heteroatoms. The smallest absolute Gasteiger partial charge is 0.129 e. The summed E-state index contributed by atoms with van der Waals surface area (Å²) in [6.45, 7) is 3.98. The first kappa shape index (κ1) is 12.8. The average molecular weight is 247 g/mol. The minimum atomic E-state index is 0.498. The van der Waals surface area contributed by atoms with Crippen molar-refractivity contribution < 1.29 is 0 Å². The molecule has 0 bridgehead atoms. The highest BCUT2D eigenvalue weighted by atomic mass is 35.5. The molecule has 2 nitrogen and oxygen atoms in total. The van der Waals surface area contributed by atoms with Gasteiger partial charge in [-0.2, -0.15) is 0 Å². The van der Waals surface area contributed by atoms with Crippen LogP contribution >= 0.6 is 23.2 Å². The number of halogens is 2. The fourth-order valence-electron chi connectivity index (χ4n) is 1.33. The molecular formula is C11H16Cl2N2. The molecule has 1 heterocycles. The maximum atomic E-state index is 6.03. The maximum absolute atomic E-state index is 6.03. The second-order valence-electron chi connectivity index (χ2n) is 3.65. The van der Waals surface area contributed by atoms with Crippen LogP contribution in [-0.2, 0) is 6.54 Å². The van der Waals surface area contributed by atoms with Gasteiger partial charge in [0, 0.05) is 6.54 Å². The minimum absolute atomic E-state index is 0.498. The van der Waals surface area contributed by atoms with Gasteiger partial charge >= 0.3 is 0 Å². The van der Waals surface area contributed by atoms with E-state index in [1.54, 1.807) is 12.1 Å². The zero-order chi connectivity index (χ0) is 11.3. The van der Waals surface area contributed by atoms with Gasteiger partial charge in [-0.15, -0.1) is 0 Å². The largest absolute Gasteiger partial charge is 0.300 e. The highest BCUT2D eigenvalue weighted by Crippen LogP contribution is 2.18. The van der Waals surface area contributed by atoms with Gasteiger partial charge in [-0.25, -0.2) is 4.98 Å². The van der Waals surface area contributed by atoms with Gasteiger partial charge in [0.05, 0.1) is 10.7 Å². The molecule has 0 radical (unpaired) electrons. The van der Waals surface area contributed by atoms with Crippen molar-refractivity contribution in [3.05, 3.63) is 28.0 Å². The lowest BCUT2D eigenvalue weighted by Gasteiger charge is -2.16. The number of unbranched alkanes of at least 4 members (excludes halogenated alkanes) is 1. The van der Waals surface area contributed by atoms with E-state index in [1.165, 1.54) is 12.8 Å². The van der Waals surface area contributed by atoms with Crippen molar-refractivity contribution in [3.63, 3.8) is 0 Å². The summed E-state index contributed by atoms with van der Waals surface area (Å²) in [4.78, 5) is 6.42. The second kappa shape index (κ2) is 6.31. The third-order valence-corrected chi connectivity index (χ3v) is 2.75. The summed E-state index contributed by atoms with van der Waals surface area (Å²) in [5, 5.41) is 1.18. The Kier molecular flexibility index (Phi) is 5.37. The third-order valence-electron chi connectivity index (χ3n) is 2.20. The van der Waals surface area contributed by atoms with Crippen molar-refractivity contribution in [3.8, 4) is 0 Å². The molecule has 1 aromatic rings. The highest BCUT2D eigenvalue weighted by molar-refractivity contribution is 6.32. The third kappa shape index (κ3) is 4.37. The van der Waals surface area contributed by atoms with E-state index in [-0.39, 0.29) is 0 Å². The van der Waals surface area contributed by atoms with Gasteiger partial charge < -0.3 is 4.90 Å². The molecule has 0 aromatic carbocycles. The molecule has 84 valence electrons. The monoisotopic (exact) mass is 246 g/mol. The Morgan fingerprint density at radius 1 is 1.33 bits per heavy atom. The van der Waals surface area contributed by atoms with E-state index in [9.17, 15) is 0 Å². The maximum Gasteiger partial charge on any atom is 0.129 e. The SMILES string of the molecule is CCCCN(C)Cc1nc(Cl)ccc1Cl. The first-order chi connectivity index (χ1) is 7.13. The van der Waals surface area contributed by atoms with Crippen LogP contribution in [0.3, 0.4) is 0 Å². The van der Waals surface area contributed by atoms with Crippen LogP contribution in [0, 0.1) is 0 Å². The molecule has 0 amide bonds. The minimum Gasteiger partial charge on any atom is -0.300 e. The second-order valence-corrected chi connectivity index (χ2v) is 4.45. The molecule has 1 rings (SSSR count). The molecule has 0 saturated carbocycles. The van der Waals surface area contributed by atoms with Gasteiger partial charge in [-0.3, -0.25) is 0 Å².